The smallest absolute Gasteiger partial charge is 0.259 e. The molecule has 3 N–H and O–H groups in total. The minimum atomic E-state index is -3.87. The van der Waals surface area contributed by atoms with Gasteiger partial charge in [0.05, 0.1) is 24.4 Å². The zero-order valence-electron chi connectivity index (χ0n) is 26.1. The molecule has 3 heterocycles. The molecule has 1 aromatic heterocycles. The molecule has 6 rings (SSSR count). The van der Waals surface area contributed by atoms with Gasteiger partial charge in [-0.1, -0.05) is 25.0 Å². The molecule has 2 radical (unpaired) electrons. The van der Waals surface area contributed by atoms with Crippen LogP contribution in [0.2, 0.25) is 0 Å². The first-order valence-electron chi connectivity index (χ1n) is 16.0. The average Bonchev–Trinajstić information content (AvgIpc) is 3.96. The molecule has 1 saturated heterocycles. The molecule has 0 bridgehead atoms. The zero-order chi connectivity index (χ0) is 33.3. The van der Waals surface area contributed by atoms with Gasteiger partial charge in [0.1, 0.15) is 35.2 Å². The largest absolute Gasteiger partial charge is 0.497 e. The minimum Gasteiger partial charge on any atom is -0.497 e. The lowest BCUT2D eigenvalue weighted by molar-refractivity contribution is -0.141. The molecule has 0 spiro atoms. The summed E-state index contributed by atoms with van der Waals surface area (Å²) >= 11 is 0. The number of amides is 4. The van der Waals surface area contributed by atoms with Crippen molar-refractivity contribution in [2.24, 2.45) is 5.92 Å². The Kier molecular flexibility index (Phi) is 9.19. The number of rotatable bonds is 7. The molecule has 2 aromatic rings. The van der Waals surface area contributed by atoms with Crippen LogP contribution in [-0.2, 0) is 24.4 Å². The first-order valence-corrected chi connectivity index (χ1v) is 17.6. The maximum absolute atomic E-state index is 14.1. The van der Waals surface area contributed by atoms with Crippen LogP contribution in [0, 0.1) is 5.92 Å². The van der Waals surface area contributed by atoms with Crippen LogP contribution in [0.1, 0.15) is 57.8 Å². The summed E-state index contributed by atoms with van der Waals surface area (Å²) < 4.78 is 39.3. The van der Waals surface area contributed by atoms with E-state index in [2.05, 4.69) is 20.3 Å². The van der Waals surface area contributed by atoms with Crippen molar-refractivity contribution in [1.29, 1.82) is 0 Å². The Labute approximate surface area is 274 Å². The van der Waals surface area contributed by atoms with Gasteiger partial charge in [-0.2, -0.15) is 0 Å². The van der Waals surface area contributed by atoms with Crippen LogP contribution in [0.4, 0.5) is 4.79 Å². The Balaban J connectivity index is 1.30. The SMILES string of the molecule is [B]C(=O)N[C@@H]1CCCCC/C=C\C2C[C@@]2(C(=O)NS(=O)(=O)C2CC2)NC(=O)[C@@H]2C[C@@H](Oc3ccnc4cc(OC)ccc34)CN2C1=O. The fourth-order valence-electron chi connectivity index (χ4n) is 6.53. The van der Waals surface area contributed by atoms with Crippen molar-refractivity contribution in [3.63, 3.8) is 0 Å². The van der Waals surface area contributed by atoms with Gasteiger partial charge in [0.15, 0.2) is 5.81 Å². The van der Waals surface area contributed by atoms with Crippen LogP contribution in [0.5, 0.6) is 11.5 Å². The van der Waals surface area contributed by atoms with Crippen molar-refractivity contribution in [2.45, 2.75) is 86.8 Å². The zero-order valence-corrected chi connectivity index (χ0v) is 27.0. The molecule has 13 nitrogen and oxygen atoms in total. The second kappa shape index (κ2) is 13.2. The molecule has 5 atom stereocenters. The van der Waals surface area contributed by atoms with E-state index in [9.17, 15) is 27.6 Å². The molecule has 2 aliphatic carbocycles. The van der Waals surface area contributed by atoms with Crippen LogP contribution in [-0.4, -0.2) is 92.3 Å². The number of aromatic nitrogens is 1. The predicted molar refractivity (Wildman–Crippen MR) is 172 cm³/mol. The van der Waals surface area contributed by atoms with E-state index in [1.54, 1.807) is 31.5 Å². The fourth-order valence-corrected chi connectivity index (χ4v) is 7.89. The molecular weight excluding hydrogens is 625 g/mol. The van der Waals surface area contributed by atoms with E-state index in [-0.39, 0.29) is 19.4 Å². The Bertz CT molecular complexity index is 1720. The van der Waals surface area contributed by atoms with Crippen LogP contribution in [0.25, 0.3) is 10.9 Å². The minimum absolute atomic E-state index is 0.0203. The van der Waals surface area contributed by atoms with Crippen molar-refractivity contribution in [2.75, 3.05) is 13.7 Å². The average molecular weight is 664 g/mol. The predicted octanol–water partition coefficient (Wildman–Crippen LogP) is 1.84. The monoisotopic (exact) mass is 663 g/mol. The molecule has 2 aliphatic heterocycles. The summed E-state index contributed by atoms with van der Waals surface area (Å²) in [6.07, 6.45) is 9.25. The van der Waals surface area contributed by atoms with Gasteiger partial charge in [0.2, 0.25) is 29.7 Å². The molecule has 2 saturated carbocycles. The molecule has 4 aliphatic rings. The molecule has 248 valence electrons. The molecule has 4 amide bonds. The van der Waals surface area contributed by atoms with Gasteiger partial charge in [0.25, 0.3) is 5.91 Å². The first kappa shape index (κ1) is 32.8. The lowest BCUT2D eigenvalue weighted by atomic mass is 10.0. The van der Waals surface area contributed by atoms with E-state index in [4.69, 9.17) is 17.3 Å². The summed E-state index contributed by atoms with van der Waals surface area (Å²) in [4.78, 5) is 59.3. The van der Waals surface area contributed by atoms with E-state index < -0.39 is 68.4 Å². The van der Waals surface area contributed by atoms with Crippen molar-refractivity contribution in [3.8, 4) is 11.5 Å². The van der Waals surface area contributed by atoms with Gasteiger partial charge in [-0.15, -0.1) is 0 Å². The Hall–Kier alpha value is -4.14. The van der Waals surface area contributed by atoms with Crippen molar-refractivity contribution < 1.29 is 37.1 Å². The Morgan fingerprint density at radius 2 is 1.94 bits per heavy atom. The molecule has 1 aromatic carbocycles. The Morgan fingerprint density at radius 3 is 2.68 bits per heavy atom. The van der Waals surface area contributed by atoms with Gasteiger partial charge in [-0.05, 0) is 56.7 Å². The number of fused-ring (bicyclic) bond motifs is 3. The number of pyridine rings is 1. The van der Waals surface area contributed by atoms with Crippen molar-refractivity contribution >= 4 is 52.3 Å². The van der Waals surface area contributed by atoms with Crippen molar-refractivity contribution in [3.05, 3.63) is 42.6 Å². The second-order valence-corrected chi connectivity index (χ2v) is 14.7. The number of carbonyl (C=O) groups excluding carboxylic acids is 4. The molecule has 15 heteroatoms. The number of methoxy groups -OCH3 is 1. The summed E-state index contributed by atoms with van der Waals surface area (Å²) in [5, 5.41) is 5.48. The number of hydrogen-bond donors (Lipinski definition) is 3. The lowest BCUT2D eigenvalue weighted by Gasteiger charge is -2.29. The number of benzene rings is 1. The quantitative estimate of drug-likeness (QED) is 0.295. The van der Waals surface area contributed by atoms with Crippen molar-refractivity contribution in [1.82, 2.24) is 25.2 Å². The highest BCUT2D eigenvalue weighted by Gasteiger charge is 2.62. The number of allylic oxidation sites excluding steroid dienone is 1. The number of hydrogen-bond acceptors (Lipinski definition) is 9. The van der Waals surface area contributed by atoms with E-state index in [0.29, 0.717) is 54.5 Å². The summed E-state index contributed by atoms with van der Waals surface area (Å²) in [6, 6.07) is 5.02. The van der Waals surface area contributed by atoms with Gasteiger partial charge >= 0.3 is 0 Å². The van der Waals surface area contributed by atoms with Gasteiger partial charge in [-0.3, -0.25) is 28.9 Å². The maximum Gasteiger partial charge on any atom is 0.259 e. The second-order valence-electron chi connectivity index (χ2n) is 12.7. The highest BCUT2D eigenvalue weighted by atomic mass is 32.2. The molecular formula is C32H38BN5O8S. The van der Waals surface area contributed by atoms with Crippen LogP contribution >= 0.6 is 0 Å². The standard InChI is InChI=1S/C32H38BN5O8S/c1-45-20-9-12-23-25(15-20)34-14-13-27(23)46-21-16-26-28(39)36-32(30(41)37-47(43,44)22-10-11-22)17-19(32)7-5-3-2-4-6-8-24(35-31(33)42)29(40)38(26)18-21/h5,7,9,12-15,19,21-22,24,26H,2-4,6,8,10-11,16-18H2,1H3,(H,35,42)(H,36,39)(H,37,41)/b7-5-/t19?,21-,24-,26+,32-/m1/s1. The highest BCUT2D eigenvalue weighted by molar-refractivity contribution is 7.91. The van der Waals surface area contributed by atoms with E-state index >= 15 is 0 Å². The third-order valence-corrected chi connectivity index (χ3v) is 11.2. The maximum atomic E-state index is 14.1. The third kappa shape index (κ3) is 7.09. The summed E-state index contributed by atoms with van der Waals surface area (Å²) in [7, 11) is 3.14. The highest BCUT2D eigenvalue weighted by Crippen LogP contribution is 2.46. The summed E-state index contributed by atoms with van der Waals surface area (Å²) in [5.41, 5.74) is -0.842. The number of nitrogens with one attached hydrogen (secondary N) is 3. The topological polar surface area (TPSA) is 173 Å². The van der Waals surface area contributed by atoms with Gasteiger partial charge < -0.3 is 25.0 Å². The number of nitrogens with zero attached hydrogens (tertiary/aromatic N) is 2. The fraction of sp³-hybridized carbons (Fsp3) is 0.531. The Morgan fingerprint density at radius 1 is 1.13 bits per heavy atom. The molecule has 3 fully saturated rings. The normalized spacial score (nSPS) is 28.9. The van der Waals surface area contributed by atoms with E-state index in [1.807, 2.05) is 18.2 Å². The van der Waals surface area contributed by atoms with Crippen LogP contribution in [0.15, 0.2) is 42.6 Å². The third-order valence-electron chi connectivity index (χ3n) is 9.36. The van der Waals surface area contributed by atoms with Crippen LogP contribution < -0.4 is 24.8 Å². The van der Waals surface area contributed by atoms with Gasteiger partial charge in [-0.25, -0.2) is 8.42 Å². The van der Waals surface area contributed by atoms with E-state index in [1.165, 1.54) is 4.90 Å². The first-order chi connectivity index (χ1) is 22.5. The lowest BCUT2D eigenvalue weighted by Crippen LogP contribution is -2.58. The summed E-state index contributed by atoms with van der Waals surface area (Å²) in [5.74, 6) is -2.03. The number of sulfonamides is 1. The molecule has 1 unspecified atom stereocenters. The van der Waals surface area contributed by atoms with E-state index in [0.717, 1.165) is 12.8 Å². The number of ether oxygens (including phenoxy) is 2. The molecule has 47 heavy (non-hydrogen) atoms. The van der Waals surface area contributed by atoms with Crippen LogP contribution in [0.3, 0.4) is 0 Å². The number of carbonyl (C=O) groups is 4. The van der Waals surface area contributed by atoms with Gasteiger partial charge in [0, 0.05) is 30.0 Å². The summed E-state index contributed by atoms with van der Waals surface area (Å²) in [6.45, 7) is 0.0203.